The lowest BCUT2D eigenvalue weighted by atomic mass is 10.3. The first-order valence-electron chi connectivity index (χ1n) is 22.4. The number of nitrogens with zero attached hydrogens (tertiary/aromatic N) is 19. The van der Waals surface area contributed by atoms with Crippen molar-refractivity contribution in [2.24, 2.45) is 0 Å². The summed E-state index contributed by atoms with van der Waals surface area (Å²) in [5.41, 5.74) is 0. The van der Waals surface area contributed by atoms with Crippen molar-refractivity contribution in [1.29, 1.82) is 0 Å². The van der Waals surface area contributed by atoms with Crippen molar-refractivity contribution in [3.8, 4) is 0 Å². The summed E-state index contributed by atoms with van der Waals surface area (Å²) in [6, 6.07) is -7.32. The van der Waals surface area contributed by atoms with E-state index in [2.05, 4.69) is 26.6 Å². The molecule has 0 unspecified atom stereocenters. The van der Waals surface area contributed by atoms with Gasteiger partial charge < -0.3 is 31.5 Å². The molecule has 0 spiro atoms. The summed E-state index contributed by atoms with van der Waals surface area (Å²) in [7, 11) is 1.52. The fourth-order valence-corrected chi connectivity index (χ4v) is 13.8. The topological polar surface area (TPSA) is 327 Å². The van der Waals surface area contributed by atoms with Crippen molar-refractivity contribution in [3.63, 3.8) is 0 Å². The lowest BCUT2D eigenvalue weighted by Gasteiger charge is -2.41. The molecule has 0 aromatic rings. The van der Waals surface area contributed by atoms with Crippen LogP contribution in [0.3, 0.4) is 0 Å². The van der Waals surface area contributed by atoms with Crippen molar-refractivity contribution in [2.45, 2.75) is 74.0 Å². The van der Waals surface area contributed by atoms with Crippen LogP contribution in [0.1, 0.15) is 0 Å². The van der Waals surface area contributed by atoms with E-state index in [1.165, 1.54) is 100 Å². The molecule has 0 aromatic heterocycles. The van der Waals surface area contributed by atoms with Crippen molar-refractivity contribution in [3.05, 3.63) is 0 Å². The minimum absolute atomic E-state index is 0.287. The van der Waals surface area contributed by atoms with Gasteiger partial charge in [-0.05, 0) is 0 Å². The predicted octanol–water partition coefficient (Wildman–Crippen LogP) is -6.51. The summed E-state index contributed by atoms with van der Waals surface area (Å²) < 4.78 is 0. The molecule has 0 bridgehead atoms. The number of hydrogen-bond acceptors (Lipinski definition) is 12. The summed E-state index contributed by atoms with van der Waals surface area (Å²) in [5.74, 6) is 0. The highest BCUT2D eigenvalue weighted by atomic mass is 16.2. The molecule has 16 saturated heterocycles. The van der Waals surface area contributed by atoms with Gasteiger partial charge >= 0.3 is 72.4 Å². The van der Waals surface area contributed by atoms with E-state index in [0.29, 0.717) is 0 Å². The first-order chi connectivity index (χ1) is 33.6. The molecule has 12 atom stereocenters. The number of carbonyl (C=O) groups is 12. The zero-order valence-corrected chi connectivity index (χ0v) is 36.2. The molecule has 0 aromatic carbocycles. The Labute approximate surface area is 390 Å². The molecule has 5 N–H and O–H groups in total. The van der Waals surface area contributed by atoms with E-state index in [9.17, 15) is 57.5 Å². The smallest absolute Gasteiger partial charge is 0.314 e. The summed E-state index contributed by atoms with van der Waals surface area (Å²) >= 11 is 0. The Morgan fingerprint density at radius 3 is 0.914 bits per heavy atom. The van der Waals surface area contributed by atoms with Crippen molar-refractivity contribution in [2.75, 3.05) is 67.1 Å². The molecule has 16 rings (SSSR count). The molecule has 16 fully saturated rings. The number of nitrogens with one attached hydrogen (secondary N) is 5. The Hall–Kier alpha value is -8.76. The van der Waals surface area contributed by atoms with Gasteiger partial charge in [0.15, 0.2) is 49.3 Å². The Morgan fingerprint density at radius 2 is 0.557 bits per heavy atom. The highest BCUT2D eigenvalue weighted by Crippen LogP contribution is 2.46. The van der Waals surface area contributed by atoms with Gasteiger partial charge in [-0.15, -0.1) is 0 Å². The second-order valence-corrected chi connectivity index (χ2v) is 19.7. The maximum absolute atomic E-state index is 14.9. The van der Waals surface area contributed by atoms with Crippen LogP contribution in [0.15, 0.2) is 0 Å². The summed E-state index contributed by atoms with van der Waals surface area (Å²) in [6.45, 7) is -3.45. The molecule has 16 aliphatic heterocycles. The van der Waals surface area contributed by atoms with Crippen LogP contribution >= 0.6 is 0 Å². The fourth-order valence-electron chi connectivity index (χ4n) is 13.8. The Bertz CT molecular complexity index is 2730. The quantitative estimate of drug-likeness (QED) is 0.173. The second-order valence-electron chi connectivity index (χ2n) is 19.7. The summed E-state index contributed by atoms with van der Waals surface area (Å²) in [4.78, 5) is 194. The number of likely N-dealkylation sites (N-methyl/N-ethyl adjacent to an activating group) is 1. The van der Waals surface area contributed by atoms with E-state index in [1.54, 1.807) is 0 Å². The van der Waals surface area contributed by atoms with Gasteiger partial charge in [-0.2, -0.15) is 0 Å². The molecular formula is C34H38N24O12. The van der Waals surface area contributed by atoms with Crippen molar-refractivity contribution in [1.82, 2.24) is 120 Å². The third-order valence-electron chi connectivity index (χ3n) is 16.8. The molecule has 0 aliphatic carbocycles. The van der Waals surface area contributed by atoms with Crippen molar-refractivity contribution < 1.29 is 57.5 Å². The number of carbonyl (C=O) groups excluding carboxylic acids is 12. The lowest BCUT2D eigenvalue weighted by molar-refractivity contribution is -0.0115. The Balaban J connectivity index is 0.703. The Kier molecular flexibility index (Phi) is 6.41. The van der Waals surface area contributed by atoms with Gasteiger partial charge in [0.2, 0.25) is 0 Å². The third kappa shape index (κ3) is 4.03. The van der Waals surface area contributed by atoms with Crippen LogP contribution in [-0.4, -0.2) is 307 Å². The molecule has 36 heteroatoms. The van der Waals surface area contributed by atoms with Gasteiger partial charge in [-0.1, -0.05) is 0 Å². The van der Waals surface area contributed by atoms with Gasteiger partial charge in [-0.3, -0.25) is 88.2 Å². The zero-order valence-electron chi connectivity index (χ0n) is 36.2. The van der Waals surface area contributed by atoms with Gasteiger partial charge in [-0.25, -0.2) is 57.5 Å². The first kappa shape index (κ1) is 38.2. The van der Waals surface area contributed by atoms with Crippen LogP contribution in [-0.2, 0) is 0 Å². The summed E-state index contributed by atoms with van der Waals surface area (Å²) in [5, 5.41) is 13.8. The van der Waals surface area contributed by atoms with E-state index in [-0.39, 0.29) is 26.7 Å². The van der Waals surface area contributed by atoms with Crippen LogP contribution in [0.25, 0.3) is 0 Å². The SMILES string of the molecule is CN1C(=O)N2CN3C(=O)N4CN5C(=O)N[C@H]6[C@@H]5N(CN5C(=O)N(CN7C(=O)N[C@H]1[C@@H]72)[C@H]3[C@H]45)C(=O)N6CN1C(=O)N2CN3C(=O)N4CN5C(=O)N[C@@H]6NC(=O)N(CN7C(=O)N(CN8C(=O)N[C@H]1[C@@H]82)[C@H]3[C@@H]74)[C@@H]65. The molecule has 24 amide bonds. The molecule has 366 valence electrons. The molecule has 70 heavy (non-hydrogen) atoms. The molecule has 36 nitrogen and oxygen atoms in total. The van der Waals surface area contributed by atoms with Crippen LogP contribution < -0.4 is 26.6 Å². The predicted molar refractivity (Wildman–Crippen MR) is 211 cm³/mol. The van der Waals surface area contributed by atoms with Crippen LogP contribution in [0.4, 0.5) is 57.5 Å². The largest absolute Gasteiger partial charge is 0.326 e. The minimum atomic E-state index is -1.17. The van der Waals surface area contributed by atoms with Crippen LogP contribution in [0.5, 0.6) is 0 Å². The standard InChI is InChI=1S/C34H38N24O12/c1-40-12-16-45(25(61)37-12)5-53-21-22-55(33(69)56(21)8-48(16)28(40)64)7-47-18-14(39-27(47)63)42(30(66)50(18)10-58(22)34(53)70)2-41-13-17-46(26(62)38-13)6-54-20-19-51(31(54)67)3-43-15-11(35-23(43)59)36-24(60)44(15)4-52(19)32(68)57(20)9-49(17)29(41)65/h11-22H,2-10H2,1H3,(H,35,59)(H,36,60)(H,37,61)(H,38,62)(H,39,63)/t11-,12+,13+,14+,15+,16-,17-,18-,19-,20+,21+,22+/m0/s1. The van der Waals surface area contributed by atoms with Gasteiger partial charge in [0.25, 0.3) is 0 Å². The number of rotatable bonds is 2. The van der Waals surface area contributed by atoms with E-state index < -0.39 is 180 Å². The summed E-state index contributed by atoms with van der Waals surface area (Å²) in [6.07, 6.45) is -12.1. The van der Waals surface area contributed by atoms with Crippen LogP contribution in [0, 0.1) is 0 Å². The van der Waals surface area contributed by atoms with E-state index in [1.807, 2.05) is 0 Å². The highest BCUT2D eigenvalue weighted by Gasteiger charge is 2.71. The van der Waals surface area contributed by atoms with E-state index >= 15 is 0 Å². The fraction of sp³-hybridized carbons (Fsp3) is 0.647. The second kappa shape index (κ2) is 11.7. The number of amides is 24. The Morgan fingerprint density at radius 1 is 0.300 bits per heavy atom. The highest BCUT2D eigenvalue weighted by molar-refractivity contribution is 5.93. The molecular weight excluding hydrogens is 937 g/mol. The first-order valence-corrected chi connectivity index (χ1v) is 22.4. The normalized spacial score (nSPS) is 38.9. The number of urea groups is 12. The lowest BCUT2D eigenvalue weighted by Crippen LogP contribution is -2.62. The monoisotopic (exact) mass is 974 g/mol. The molecule has 0 radical (unpaired) electrons. The van der Waals surface area contributed by atoms with Gasteiger partial charge in [0.05, 0.1) is 0 Å². The molecule has 16 heterocycles. The average molecular weight is 975 g/mol. The third-order valence-corrected chi connectivity index (χ3v) is 16.8. The maximum Gasteiger partial charge on any atom is 0.326 e. The molecule has 16 aliphatic rings. The van der Waals surface area contributed by atoms with Gasteiger partial charge in [0, 0.05) is 7.05 Å². The minimum Gasteiger partial charge on any atom is -0.314 e. The maximum atomic E-state index is 14.9. The van der Waals surface area contributed by atoms with Crippen LogP contribution in [0.2, 0.25) is 0 Å². The van der Waals surface area contributed by atoms with Crippen molar-refractivity contribution >= 4 is 72.4 Å². The van der Waals surface area contributed by atoms with E-state index in [4.69, 9.17) is 0 Å². The number of hydrogen-bond donors (Lipinski definition) is 5. The zero-order chi connectivity index (χ0) is 47.7. The van der Waals surface area contributed by atoms with E-state index in [0.717, 1.165) is 0 Å². The van der Waals surface area contributed by atoms with Gasteiger partial charge in [0.1, 0.15) is 84.7 Å². The molecule has 0 saturated carbocycles. The average Bonchev–Trinajstić information content (AvgIpc) is 4.22.